The van der Waals surface area contributed by atoms with Crippen LogP contribution < -0.4 is 5.32 Å². The maximum absolute atomic E-state index is 3.25. The van der Waals surface area contributed by atoms with Gasteiger partial charge in [0.2, 0.25) is 0 Å². The molecule has 0 aromatic carbocycles. The summed E-state index contributed by atoms with van der Waals surface area (Å²) in [5, 5.41) is 3.25. The summed E-state index contributed by atoms with van der Waals surface area (Å²) in [6.45, 7) is 11.9. The monoisotopic (exact) mass is 216 g/mol. The predicted octanol–water partition coefficient (Wildman–Crippen LogP) is 1.67. The number of nitrogens with zero attached hydrogens (tertiary/aromatic N) is 1. The zero-order chi connectivity index (χ0) is 10.6. The van der Waals surface area contributed by atoms with E-state index in [0.717, 1.165) is 12.5 Å². The SMILES string of the molecule is CNCC(C)CN1CCSC(C)(C)C1. The summed E-state index contributed by atoms with van der Waals surface area (Å²) >= 11 is 2.11. The van der Waals surface area contributed by atoms with E-state index in [9.17, 15) is 0 Å². The normalized spacial score (nSPS) is 24.9. The predicted molar refractivity (Wildman–Crippen MR) is 66.1 cm³/mol. The van der Waals surface area contributed by atoms with Crippen molar-refractivity contribution in [2.45, 2.75) is 25.5 Å². The molecule has 3 heteroatoms. The van der Waals surface area contributed by atoms with Crippen LogP contribution in [0, 0.1) is 5.92 Å². The fourth-order valence-electron chi connectivity index (χ4n) is 2.12. The number of hydrogen-bond donors (Lipinski definition) is 1. The molecule has 1 heterocycles. The van der Waals surface area contributed by atoms with Crippen molar-refractivity contribution in [3.8, 4) is 0 Å². The summed E-state index contributed by atoms with van der Waals surface area (Å²) in [7, 11) is 2.03. The standard InChI is InChI=1S/C11H24N2S/c1-10(7-12-4)8-13-5-6-14-11(2,3)9-13/h10,12H,5-9H2,1-4H3. The van der Waals surface area contributed by atoms with Crippen LogP contribution in [0.5, 0.6) is 0 Å². The van der Waals surface area contributed by atoms with E-state index in [1.54, 1.807) is 0 Å². The molecule has 1 saturated heterocycles. The lowest BCUT2D eigenvalue weighted by atomic mass is 10.1. The smallest absolute Gasteiger partial charge is 0.0231 e. The maximum Gasteiger partial charge on any atom is 0.0231 e. The average Bonchev–Trinajstić information content (AvgIpc) is 2.02. The van der Waals surface area contributed by atoms with E-state index in [4.69, 9.17) is 0 Å². The first-order chi connectivity index (χ1) is 6.53. The molecule has 0 amide bonds. The minimum absolute atomic E-state index is 0.456. The van der Waals surface area contributed by atoms with E-state index in [0.29, 0.717) is 4.75 Å². The van der Waals surface area contributed by atoms with Crippen molar-refractivity contribution < 1.29 is 0 Å². The maximum atomic E-state index is 3.25. The van der Waals surface area contributed by atoms with Crippen molar-refractivity contribution in [2.24, 2.45) is 5.92 Å². The number of hydrogen-bond acceptors (Lipinski definition) is 3. The van der Waals surface area contributed by atoms with Gasteiger partial charge in [0, 0.05) is 30.1 Å². The highest BCUT2D eigenvalue weighted by molar-refractivity contribution is 8.00. The lowest BCUT2D eigenvalue weighted by molar-refractivity contribution is 0.226. The third kappa shape index (κ3) is 4.20. The number of nitrogens with one attached hydrogen (secondary N) is 1. The molecule has 1 aliphatic rings. The van der Waals surface area contributed by atoms with Gasteiger partial charge in [-0.3, -0.25) is 0 Å². The molecule has 14 heavy (non-hydrogen) atoms. The van der Waals surface area contributed by atoms with Crippen molar-refractivity contribution in [3.63, 3.8) is 0 Å². The van der Waals surface area contributed by atoms with E-state index < -0.39 is 0 Å². The van der Waals surface area contributed by atoms with Crippen LogP contribution in [0.1, 0.15) is 20.8 Å². The molecular formula is C11H24N2S. The Hall–Kier alpha value is 0.270. The lowest BCUT2D eigenvalue weighted by Gasteiger charge is -2.38. The Kier molecular flexibility index (Phi) is 4.74. The van der Waals surface area contributed by atoms with Gasteiger partial charge in [-0.15, -0.1) is 0 Å². The van der Waals surface area contributed by atoms with E-state index in [2.05, 4.69) is 42.7 Å². The van der Waals surface area contributed by atoms with Gasteiger partial charge in [0.15, 0.2) is 0 Å². The zero-order valence-electron chi connectivity index (χ0n) is 9.97. The van der Waals surface area contributed by atoms with Crippen LogP contribution in [0.25, 0.3) is 0 Å². The minimum atomic E-state index is 0.456. The topological polar surface area (TPSA) is 15.3 Å². The highest BCUT2D eigenvalue weighted by Crippen LogP contribution is 2.29. The molecule has 2 nitrogen and oxygen atoms in total. The Morgan fingerprint density at radius 2 is 2.21 bits per heavy atom. The second-order valence-electron chi connectivity index (χ2n) is 5.01. The fourth-order valence-corrected chi connectivity index (χ4v) is 3.30. The zero-order valence-corrected chi connectivity index (χ0v) is 10.8. The van der Waals surface area contributed by atoms with Crippen LogP contribution in [0.3, 0.4) is 0 Å². The molecule has 1 aliphatic heterocycles. The molecule has 1 rings (SSSR count). The van der Waals surface area contributed by atoms with Gasteiger partial charge in [0.05, 0.1) is 0 Å². The van der Waals surface area contributed by atoms with Crippen LogP contribution in [0.2, 0.25) is 0 Å². The van der Waals surface area contributed by atoms with Crippen LogP contribution >= 0.6 is 11.8 Å². The van der Waals surface area contributed by atoms with Crippen molar-refractivity contribution in [1.29, 1.82) is 0 Å². The van der Waals surface area contributed by atoms with Crippen molar-refractivity contribution in [3.05, 3.63) is 0 Å². The number of rotatable bonds is 4. The molecular weight excluding hydrogens is 192 g/mol. The van der Waals surface area contributed by atoms with Crippen LogP contribution in [-0.2, 0) is 0 Å². The molecule has 0 aromatic rings. The highest BCUT2D eigenvalue weighted by atomic mass is 32.2. The van der Waals surface area contributed by atoms with Crippen LogP contribution in [0.15, 0.2) is 0 Å². The van der Waals surface area contributed by atoms with Crippen molar-refractivity contribution in [2.75, 3.05) is 39.0 Å². The third-order valence-electron chi connectivity index (χ3n) is 2.63. The van der Waals surface area contributed by atoms with Gasteiger partial charge in [-0.25, -0.2) is 0 Å². The van der Waals surface area contributed by atoms with Gasteiger partial charge >= 0.3 is 0 Å². The van der Waals surface area contributed by atoms with Crippen LogP contribution in [0.4, 0.5) is 0 Å². The summed E-state index contributed by atoms with van der Waals surface area (Å²) in [6, 6.07) is 0. The summed E-state index contributed by atoms with van der Waals surface area (Å²) in [5.74, 6) is 2.05. The van der Waals surface area contributed by atoms with E-state index in [1.165, 1.54) is 25.4 Å². The molecule has 0 radical (unpaired) electrons. The summed E-state index contributed by atoms with van der Waals surface area (Å²) in [5.41, 5.74) is 0. The van der Waals surface area contributed by atoms with E-state index in [-0.39, 0.29) is 0 Å². The van der Waals surface area contributed by atoms with E-state index >= 15 is 0 Å². The summed E-state index contributed by atoms with van der Waals surface area (Å²) < 4.78 is 0.456. The third-order valence-corrected chi connectivity index (χ3v) is 3.92. The lowest BCUT2D eigenvalue weighted by Crippen LogP contribution is -2.45. The summed E-state index contributed by atoms with van der Waals surface area (Å²) in [6.07, 6.45) is 0. The summed E-state index contributed by atoms with van der Waals surface area (Å²) in [4.78, 5) is 2.61. The Bertz CT molecular complexity index is 171. The van der Waals surface area contributed by atoms with Gasteiger partial charge < -0.3 is 10.2 Å². The van der Waals surface area contributed by atoms with Crippen molar-refractivity contribution >= 4 is 11.8 Å². The minimum Gasteiger partial charge on any atom is -0.319 e. The Morgan fingerprint density at radius 1 is 1.50 bits per heavy atom. The van der Waals surface area contributed by atoms with Gasteiger partial charge in [0.25, 0.3) is 0 Å². The second kappa shape index (κ2) is 5.38. The Balaban J connectivity index is 2.30. The highest BCUT2D eigenvalue weighted by Gasteiger charge is 2.27. The first-order valence-corrected chi connectivity index (χ1v) is 6.53. The molecule has 0 spiro atoms. The molecule has 0 aliphatic carbocycles. The van der Waals surface area contributed by atoms with Crippen molar-refractivity contribution in [1.82, 2.24) is 10.2 Å². The van der Waals surface area contributed by atoms with Gasteiger partial charge in [-0.2, -0.15) is 11.8 Å². The van der Waals surface area contributed by atoms with Gasteiger partial charge in [-0.05, 0) is 33.4 Å². The Labute approximate surface area is 92.8 Å². The van der Waals surface area contributed by atoms with Gasteiger partial charge in [0.1, 0.15) is 0 Å². The second-order valence-corrected chi connectivity index (χ2v) is 6.81. The largest absolute Gasteiger partial charge is 0.319 e. The molecule has 0 saturated carbocycles. The molecule has 1 fully saturated rings. The average molecular weight is 216 g/mol. The number of thioether (sulfide) groups is 1. The van der Waals surface area contributed by atoms with Gasteiger partial charge in [-0.1, -0.05) is 6.92 Å². The molecule has 84 valence electrons. The molecule has 1 unspecified atom stereocenters. The molecule has 0 aromatic heterocycles. The van der Waals surface area contributed by atoms with E-state index in [1.807, 2.05) is 7.05 Å². The molecule has 1 N–H and O–H groups in total. The Morgan fingerprint density at radius 3 is 2.79 bits per heavy atom. The quantitative estimate of drug-likeness (QED) is 0.769. The molecule has 0 bridgehead atoms. The van der Waals surface area contributed by atoms with Crippen LogP contribution in [-0.4, -0.2) is 48.6 Å². The first kappa shape index (κ1) is 12.3. The fraction of sp³-hybridized carbons (Fsp3) is 1.00. The molecule has 1 atom stereocenters. The first-order valence-electron chi connectivity index (χ1n) is 5.54.